The molecule has 2 bridgehead atoms. The second-order valence-electron chi connectivity index (χ2n) is 5.29. The van der Waals surface area contributed by atoms with Gasteiger partial charge in [-0.15, -0.1) is 0 Å². The summed E-state index contributed by atoms with van der Waals surface area (Å²) < 4.78 is 6.17. The third kappa shape index (κ3) is 3.03. The normalized spacial score (nSPS) is 24.0. The molecule has 2 N–H and O–H groups in total. The Morgan fingerprint density at radius 3 is 2.57 bits per heavy atom. The van der Waals surface area contributed by atoms with Crippen molar-refractivity contribution in [2.45, 2.75) is 25.0 Å². The van der Waals surface area contributed by atoms with E-state index in [0.717, 1.165) is 12.8 Å². The van der Waals surface area contributed by atoms with E-state index in [9.17, 15) is 9.59 Å². The number of carboxylic acids is 1. The van der Waals surface area contributed by atoms with E-state index in [1.165, 1.54) is 6.07 Å². The van der Waals surface area contributed by atoms with Gasteiger partial charge in [0.1, 0.15) is 0 Å². The summed E-state index contributed by atoms with van der Waals surface area (Å²) in [6.07, 6.45) is 2.26. The smallest absolute Gasteiger partial charge is 0.336 e. The SMILES string of the molecule is O=C(O)c1cc(NC(=O)N2CC3CCC(C2)O3)ccc1Br. The number of benzene rings is 1. The lowest BCUT2D eigenvalue weighted by Crippen LogP contribution is -2.47. The van der Waals surface area contributed by atoms with Gasteiger partial charge < -0.3 is 20.1 Å². The molecule has 7 heteroatoms. The number of rotatable bonds is 2. The summed E-state index contributed by atoms with van der Waals surface area (Å²) in [4.78, 5) is 25.1. The van der Waals surface area contributed by atoms with Crippen LogP contribution in [0.4, 0.5) is 10.5 Å². The average molecular weight is 355 g/mol. The molecule has 3 rings (SSSR count). The third-order valence-corrected chi connectivity index (χ3v) is 4.47. The fourth-order valence-electron chi connectivity index (χ4n) is 2.75. The molecular formula is C14H15BrN2O4. The number of likely N-dealkylation sites (tertiary alicyclic amines) is 1. The van der Waals surface area contributed by atoms with Crippen molar-refractivity contribution in [3.05, 3.63) is 28.2 Å². The van der Waals surface area contributed by atoms with Crippen LogP contribution in [-0.2, 0) is 4.74 Å². The van der Waals surface area contributed by atoms with E-state index in [1.54, 1.807) is 17.0 Å². The van der Waals surface area contributed by atoms with Crippen molar-refractivity contribution in [2.75, 3.05) is 18.4 Å². The van der Waals surface area contributed by atoms with Crippen molar-refractivity contribution in [2.24, 2.45) is 0 Å². The predicted octanol–water partition coefficient (Wildman–Crippen LogP) is 2.54. The van der Waals surface area contributed by atoms with Crippen LogP contribution in [0.3, 0.4) is 0 Å². The summed E-state index contributed by atoms with van der Waals surface area (Å²) in [6.45, 7) is 1.18. The highest BCUT2D eigenvalue weighted by atomic mass is 79.9. The number of hydrogen-bond donors (Lipinski definition) is 2. The molecule has 0 radical (unpaired) electrons. The van der Waals surface area contributed by atoms with Gasteiger partial charge in [-0.1, -0.05) is 0 Å². The molecule has 1 aromatic rings. The van der Waals surface area contributed by atoms with Gasteiger partial charge in [-0.2, -0.15) is 0 Å². The number of carbonyl (C=O) groups excluding carboxylic acids is 1. The number of ether oxygens (including phenoxy) is 1. The molecule has 1 aromatic carbocycles. The van der Waals surface area contributed by atoms with E-state index in [4.69, 9.17) is 9.84 Å². The third-order valence-electron chi connectivity index (χ3n) is 3.78. The second kappa shape index (κ2) is 5.65. The molecule has 2 unspecified atom stereocenters. The van der Waals surface area contributed by atoms with Gasteiger partial charge in [0.25, 0.3) is 0 Å². The number of aromatic carboxylic acids is 1. The van der Waals surface area contributed by atoms with E-state index in [2.05, 4.69) is 21.2 Å². The number of fused-ring (bicyclic) bond motifs is 2. The number of carboxylic acid groups (broad SMARTS) is 1. The largest absolute Gasteiger partial charge is 0.478 e. The topological polar surface area (TPSA) is 78.9 Å². The van der Waals surface area contributed by atoms with Gasteiger partial charge in [-0.05, 0) is 47.0 Å². The number of carbonyl (C=O) groups is 2. The number of hydrogen-bond acceptors (Lipinski definition) is 3. The Bertz CT molecular complexity index is 580. The Morgan fingerprint density at radius 1 is 1.29 bits per heavy atom. The van der Waals surface area contributed by atoms with Crippen LogP contribution in [-0.4, -0.2) is 47.3 Å². The quantitative estimate of drug-likeness (QED) is 0.855. The van der Waals surface area contributed by atoms with Crippen LogP contribution >= 0.6 is 15.9 Å². The van der Waals surface area contributed by atoms with Gasteiger partial charge >= 0.3 is 12.0 Å². The standard InChI is InChI=1S/C14H15BrN2O4/c15-12-4-1-8(5-11(12)13(18)19)16-14(20)17-6-9-2-3-10(7-17)21-9/h1,4-5,9-10H,2-3,6-7H2,(H,16,20)(H,18,19). The van der Waals surface area contributed by atoms with E-state index in [-0.39, 0.29) is 23.8 Å². The Balaban J connectivity index is 1.70. The highest BCUT2D eigenvalue weighted by molar-refractivity contribution is 9.10. The van der Waals surface area contributed by atoms with Crippen molar-refractivity contribution in [3.63, 3.8) is 0 Å². The Kier molecular flexibility index (Phi) is 3.86. The minimum absolute atomic E-state index is 0.120. The maximum absolute atomic E-state index is 12.3. The monoisotopic (exact) mass is 354 g/mol. The van der Waals surface area contributed by atoms with Crippen LogP contribution in [0.2, 0.25) is 0 Å². The Morgan fingerprint density at radius 2 is 1.95 bits per heavy atom. The molecular weight excluding hydrogens is 340 g/mol. The number of halogens is 1. The van der Waals surface area contributed by atoms with Crippen LogP contribution < -0.4 is 5.32 Å². The van der Waals surface area contributed by atoms with Crippen molar-refractivity contribution in [3.8, 4) is 0 Å². The zero-order valence-electron chi connectivity index (χ0n) is 11.2. The number of anilines is 1. The van der Waals surface area contributed by atoms with E-state index in [1.807, 2.05) is 0 Å². The minimum atomic E-state index is -1.04. The number of amides is 2. The first kappa shape index (κ1) is 14.3. The fraction of sp³-hybridized carbons (Fsp3) is 0.429. The van der Waals surface area contributed by atoms with Gasteiger partial charge in [0.15, 0.2) is 0 Å². The summed E-state index contributed by atoms with van der Waals surface area (Å²) in [5.74, 6) is -1.04. The fourth-order valence-corrected chi connectivity index (χ4v) is 3.17. The first-order valence-electron chi connectivity index (χ1n) is 6.77. The lowest BCUT2D eigenvalue weighted by molar-refractivity contribution is -0.0219. The number of nitrogens with one attached hydrogen (secondary N) is 1. The van der Waals surface area contributed by atoms with E-state index in [0.29, 0.717) is 23.2 Å². The van der Waals surface area contributed by atoms with Crippen LogP contribution in [0.5, 0.6) is 0 Å². The van der Waals surface area contributed by atoms with Gasteiger partial charge in [-0.3, -0.25) is 0 Å². The van der Waals surface area contributed by atoms with Crippen molar-refractivity contribution in [1.29, 1.82) is 0 Å². The van der Waals surface area contributed by atoms with E-state index >= 15 is 0 Å². The predicted molar refractivity (Wildman–Crippen MR) is 79.6 cm³/mol. The number of urea groups is 1. The molecule has 0 saturated carbocycles. The van der Waals surface area contributed by atoms with Gasteiger partial charge in [0.05, 0.1) is 17.8 Å². The summed E-state index contributed by atoms with van der Waals surface area (Å²) in [7, 11) is 0. The molecule has 2 fully saturated rings. The summed E-state index contributed by atoms with van der Waals surface area (Å²) in [5, 5.41) is 11.8. The highest BCUT2D eigenvalue weighted by Crippen LogP contribution is 2.27. The lowest BCUT2D eigenvalue weighted by atomic mass is 10.2. The Labute approximate surface area is 130 Å². The molecule has 2 amide bonds. The number of nitrogens with zero attached hydrogens (tertiary/aromatic N) is 1. The molecule has 2 heterocycles. The first-order valence-corrected chi connectivity index (χ1v) is 7.56. The molecule has 0 aliphatic carbocycles. The summed E-state index contributed by atoms with van der Waals surface area (Å²) in [6, 6.07) is 4.51. The molecule has 0 aromatic heterocycles. The zero-order chi connectivity index (χ0) is 15.0. The van der Waals surface area contributed by atoms with Gasteiger partial charge in [0.2, 0.25) is 0 Å². The molecule has 2 saturated heterocycles. The van der Waals surface area contributed by atoms with Crippen LogP contribution in [0.1, 0.15) is 23.2 Å². The molecule has 2 aliphatic rings. The second-order valence-corrected chi connectivity index (χ2v) is 6.15. The Hall–Kier alpha value is -1.60. The highest BCUT2D eigenvalue weighted by Gasteiger charge is 2.35. The molecule has 2 aliphatic heterocycles. The molecule has 21 heavy (non-hydrogen) atoms. The maximum atomic E-state index is 12.3. The summed E-state index contributed by atoms with van der Waals surface area (Å²) in [5.41, 5.74) is 0.592. The van der Waals surface area contributed by atoms with Crippen LogP contribution in [0.25, 0.3) is 0 Å². The van der Waals surface area contributed by atoms with Crippen LogP contribution in [0.15, 0.2) is 22.7 Å². The van der Waals surface area contributed by atoms with Crippen molar-refractivity contribution in [1.82, 2.24) is 4.90 Å². The van der Waals surface area contributed by atoms with E-state index < -0.39 is 5.97 Å². The van der Waals surface area contributed by atoms with Crippen molar-refractivity contribution >= 4 is 33.6 Å². The van der Waals surface area contributed by atoms with Gasteiger partial charge in [-0.25, -0.2) is 9.59 Å². The molecule has 0 spiro atoms. The molecule has 112 valence electrons. The minimum Gasteiger partial charge on any atom is -0.478 e. The first-order chi connectivity index (χ1) is 10.0. The maximum Gasteiger partial charge on any atom is 0.336 e. The lowest BCUT2D eigenvalue weighted by Gasteiger charge is -2.32. The summed E-state index contributed by atoms with van der Waals surface area (Å²) >= 11 is 3.18. The van der Waals surface area contributed by atoms with Gasteiger partial charge in [0, 0.05) is 23.2 Å². The number of morpholine rings is 1. The van der Waals surface area contributed by atoms with Crippen molar-refractivity contribution < 1.29 is 19.4 Å². The average Bonchev–Trinajstić information content (AvgIpc) is 2.79. The van der Waals surface area contributed by atoms with Crippen LogP contribution in [0, 0.1) is 0 Å². The molecule has 2 atom stereocenters. The zero-order valence-corrected chi connectivity index (χ0v) is 12.8. The molecule has 6 nitrogen and oxygen atoms in total.